The van der Waals surface area contributed by atoms with Crippen molar-refractivity contribution < 1.29 is 4.79 Å². The van der Waals surface area contributed by atoms with Gasteiger partial charge in [0.15, 0.2) is 0 Å². The maximum absolute atomic E-state index is 12.7. The third-order valence-corrected chi connectivity index (χ3v) is 6.29. The van der Waals surface area contributed by atoms with Crippen LogP contribution in [0.25, 0.3) is 6.08 Å². The zero-order valence-electron chi connectivity index (χ0n) is 15.2. The number of nitrogens with zero attached hydrogens (tertiary/aromatic N) is 1. The Balaban J connectivity index is 1.42. The first-order valence-corrected chi connectivity index (χ1v) is 10.1. The van der Waals surface area contributed by atoms with Gasteiger partial charge in [0.05, 0.1) is 0 Å². The van der Waals surface area contributed by atoms with Gasteiger partial charge in [-0.1, -0.05) is 49.1 Å². The Hall–Kier alpha value is -1.61. The average molecular weight is 338 g/mol. The normalized spacial score (nSPS) is 22.6. The fourth-order valence-electron chi connectivity index (χ4n) is 4.46. The highest BCUT2D eigenvalue weighted by Gasteiger charge is 2.27. The van der Waals surface area contributed by atoms with E-state index in [0.29, 0.717) is 6.04 Å². The lowest BCUT2D eigenvalue weighted by molar-refractivity contribution is 0.0937. The van der Waals surface area contributed by atoms with Crippen LogP contribution in [0.15, 0.2) is 29.8 Å². The van der Waals surface area contributed by atoms with Crippen molar-refractivity contribution in [3.05, 3.63) is 41.0 Å². The van der Waals surface area contributed by atoms with Gasteiger partial charge in [0.25, 0.3) is 5.91 Å². The summed E-state index contributed by atoms with van der Waals surface area (Å²) in [5.41, 5.74) is 3.42. The number of carbonyl (C=O) groups excluding carboxylic acids is 1. The molecule has 3 heteroatoms. The Morgan fingerprint density at radius 1 is 1.00 bits per heavy atom. The molecule has 1 saturated heterocycles. The Morgan fingerprint density at radius 3 is 2.40 bits per heavy atom. The molecule has 0 aromatic heterocycles. The lowest BCUT2D eigenvalue weighted by atomic mass is 9.89. The molecule has 0 bridgehead atoms. The Labute approximate surface area is 151 Å². The number of rotatable bonds is 4. The minimum absolute atomic E-state index is 0.103. The van der Waals surface area contributed by atoms with Crippen LogP contribution >= 0.6 is 0 Å². The van der Waals surface area contributed by atoms with Crippen LogP contribution in [0.3, 0.4) is 0 Å². The van der Waals surface area contributed by atoms with E-state index in [9.17, 15) is 4.79 Å². The highest BCUT2D eigenvalue weighted by Crippen LogP contribution is 2.29. The van der Waals surface area contributed by atoms with Crippen LogP contribution in [-0.2, 0) is 0 Å². The zero-order valence-corrected chi connectivity index (χ0v) is 15.2. The number of piperidine rings is 1. The maximum atomic E-state index is 12.7. The summed E-state index contributed by atoms with van der Waals surface area (Å²) in [5.74, 6) is 0.103. The van der Waals surface area contributed by atoms with Gasteiger partial charge in [0.1, 0.15) is 0 Å². The van der Waals surface area contributed by atoms with Crippen LogP contribution in [0.1, 0.15) is 73.7 Å². The lowest BCUT2D eigenvalue weighted by Crippen LogP contribution is -2.43. The van der Waals surface area contributed by atoms with Gasteiger partial charge in [-0.25, -0.2) is 0 Å². The SMILES string of the molecule is O=C(NC1CCCC1)c1ccccc1C=C1CCN(C2CCC2)CC1. The van der Waals surface area contributed by atoms with E-state index in [4.69, 9.17) is 0 Å². The van der Waals surface area contributed by atoms with Crippen LogP contribution in [0.2, 0.25) is 0 Å². The minimum atomic E-state index is 0.103. The number of carbonyl (C=O) groups is 1. The molecule has 25 heavy (non-hydrogen) atoms. The Morgan fingerprint density at radius 2 is 1.72 bits per heavy atom. The van der Waals surface area contributed by atoms with Gasteiger partial charge in [-0.3, -0.25) is 9.69 Å². The molecule has 1 aromatic carbocycles. The van der Waals surface area contributed by atoms with Gasteiger partial charge in [0, 0.05) is 30.7 Å². The standard InChI is InChI=1S/C22H30N2O/c25-22(23-19-7-2-3-8-19)21-11-4-1-6-18(21)16-17-12-14-24(15-13-17)20-9-5-10-20/h1,4,6,11,16,19-20H,2-3,5,7-10,12-15H2,(H,23,25). The molecule has 3 aliphatic rings. The summed E-state index contributed by atoms with van der Waals surface area (Å²) in [6.07, 6.45) is 13.5. The number of nitrogens with one attached hydrogen (secondary N) is 1. The molecular weight excluding hydrogens is 308 g/mol. The first kappa shape index (κ1) is 16.8. The Bertz CT molecular complexity index is 631. The van der Waals surface area contributed by atoms with Crippen LogP contribution < -0.4 is 5.32 Å². The molecule has 1 heterocycles. The summed E-state index contributed by atoms with van der Waals surface area (Å²) in [4.78, 5) is 15.4. The molecule has 1 aromatic rings. The summed E-state index contributed by atoms with van der Waals surface area (Å²) in [6, 6.07) is 9.31. The van der Waals surface area contributed by atoms with Crippen molar-refractivity contribution in [2.24, 2.45) is 0 Å². The van der Waals surface area contributed by atoms with Crippen molar-refractivity contribution in [2.75, 3.05) is 13.1 Å². The van der Waals surface area contributed by atoms with Crippen molar-refractivity contribution in [3.8, 4) is 0 Å². The molecule has 4 rings (SSSR count). The van der Waals surface area contributed by atoms with Gasteiger partial charge in [0.2, 0.25) is 0 Å². The number of likely N-dealkylation sites (tertiary alicyclic amines) is 1. The largest absolute Gasteiger partial charge is 0.349 e. The first-order valence-electron chi connectivity index (χ1n) is 10.1. The topological polar surface area (TPSA) is 32.3 Å². The molecule has 1 amide bonds. The van der Waals surface area contributed by atoms with Gasteiger partial charge >= 0.3 is 0 Å². The molecule has 1 aliphatic heterocycles. The minimum Gasteiger partial charge on any atom is -0.349 e. The van der Waals surface area contributed by atoms with E-state index in [0.717, 1.165) is 42.9 Å². The lowest BCUT2D eigenvalue weighted by Gasteiger charge is -2.40. The second-order valence-corrected chi connectivity index (χ2v) is 7.97. The van der Waals surface area contributed by atoms with Crippen molar-refractivity contribution in [1.29, 1.82) is 0 Å². The predicted octanol–water partition coefficient (Wildman–Crippen LogP) is 4.39. The second-order valence-electron chi connectivity index (χ2n) is 7.97. The monoisotopic (exact) mass is 338 g/mol. The quantitative estimate of drug-likeness (QED) is 0.883. The summed E-state index contributed by atoms with van der Waals surface area (Å²) in [7, 11) is 0. The van der Waals surface area contributed by atoms with Crippen molar-refractivity contribution in [1.82, 2.24) is 10.2 Å². The number of amides is 1. The fraction of sp³-hybridized carbons (Fsp3) is 0.591. The predicted molar refractivity (Wildman–Crippen MR) is 103 cm³/mol. The third-order valence-electron chi connectivity index (χ3n) is 6.29. The second kappa shape index (κ2) is 7.74. The summed E-state index contributed by atoms with van der Waals surface area (Å²) >= 11 is 0. The molecule has 0 spiro atoms. The first-order chi connectivity index (χ1) is 12.3. The van der Waals surface area contributed by atoms with Crippen molar-refractivity contribution >= 4 is 12.0 Å². The molecule has 134 valence electrons. The highest BCUT2D eigenvalue weighted by molar-refractivity contribution is 5.98. The molecule has 0 unspecified atom stereocenters. The zero-order chi connectivity index (χ0) is 17.1. The molecular formula is C22H30N2O. The van der Waals surface area contributed by atoms with Crippen molar-refractivity contribution in [3.63, 3.8) is 0 Å². The summed E-state index contributed by atoms with van der Waals surface area (Å²) in [6.45, 7) is 2.37. The maximum Gasteiger partial charge on any atom is 0.252 e. The van der Waals surface area contributed by atoms with E-state index < -0.39 is 0 Å². The van der Waals surface area contributed by atoms with Gasteiger partial charge in [-0.05, 0) is 50.2 Å². The van der Waals surface area contributed by atoms with Crippen LogP contribution in [0, 0.1) is 0 Å². The van der Waals surface area contributed by atoms with Crippen LogP contribution in [0.5, 0.6) is 0 Å². The van der Waals surface area contributed by atoms with Crippen molar-refractivity contribution in [2.45, 2.75) is 69.9 Å². The van der Waals surface area contributed by atoms with Gasteiger partial charge in [-0.2, -0.15) is 0 Å². The summed E-state index contributed by atoms with van der Waals surface area (Å²) in [5, 5.41) is 3.23. The van der Waals surface area contributed by atoms with Crippen LogP contribution in [0.4, 0.5) is 0 Å². The van der Waals surface area contributed by atoms with E-state index in [1.165, 1.54) is 50.8 Å². The molecule has 3 nitrogen and oxygen atoms in total. The van der Waals surface area contributed by atoms with Crippen LogP contribution in [-0.4, -0.2) is 36.0 Å². The molecule has 3 fully saturated rings. The third kappa shape index (κ3) is 3.98. The average Bonchev–Trinajstić information content (AvgIpc) is 3.08. The van der Waals surface area contributed by atoms with E-state index in [2.05, 4.69) is 22.4 Å². The Kier molecular flexibility index (Phi) is 5.21. The van der Waals surface area contributed by atoms with E-state index in [1.807, 2.05) is 18.2 Å². The molecule has 2 saturated carbocycles. The van der Waals surface area contributed by atoms with E-state index in [1.54, 1.807) is 0 Å². The molecule has 2 aliphatic carbocycles. The molecule has 0 atom stereocenters. The van der Waals surface area contributed by atoms with Gasteiger partial charge in [-0.15, -0.1) is 0 Å². The van der Waals surface area contributed by atoms with E-state index >= 15 is 0 Å². The smallest absolute Gasteiger partial charge is 0.252 e. The molecule has 1 N–H and O–H groups in total. The summed E-state index contributed by atoms with van der Waals surface area (Å²) < 4.78 is 0. The van der Waals surface area contributed by atoms with Gasteiger partial charge < -0.3 is 5.32 Å². The number of hydrogen-bond donors (Lipinski definition) is 1. The molecule has 0 radical (unpaired) electrons. The fourth-order valence-corrected chi connectivity index (χ4v) is 4.46. The number of hydrogen-bond acceptors (Lipinski definition) is 2. The van der Waals surface area contributed by atoms with E-state index in [-0.39, 0.29) is 5.91 Å². The number of benzene rings is 1. The highest BCUT2D eigenvalue weighted by atomic mass is 16.1.